The van der Waals surface area contributed by atoms with Gasteiger partial charge in [0.05, 0.1) is 0 Å². The highest BCUT2D eigenvalue weighted by molar-refractivity contribution is 8.14. The Morgan fingerprint density at radius 1 is 1.62 bits per heavy atom. The van der Waals surface area contributed by atoms with Crippen LogP contribution in [0.2, 0.25) is 0 Å². The van der Waals surface area contributed by atoms with Gasteiger partial charge in [-0.25, -0.2) is 0 Å². The van der Waals surface area contributed by atoms with Gasteiger partial charge in [-0.3, -0.25) is 4.99 Å². The maximum Gasteiger partial charge on any atom is 0.157 e. The highest BCUT2D eigenvalue weighted by atomic mass is 32.2. The molecule has 0 bridgehead atoms. The van der Waals surface area contributed by atoms with E-state index in [0.717, 1.165) is 29.3 Å². The second-order valence-electron chi connectivity index (χ2n) is 4.92. The van der Waals surface area contributed by atoms with Crippen LogP contribution in [0.3, 0.4) is 0 Å². The fraction of sp³-hybridized carbons (Fsp3) is 0.900. The lowest BCUT2D eigenvalue weighted by Gasteiger charge is -2.15. The van der Waals surface area contributed by atoms with Crippen LogP contribution in [0.4, 0.5) is 0 Å². The Morgan fingerprint density at radius 2 is 2.31 bits per heavy atom. The lowest BCUT2D eigenvalue weighted by Crippen LogP contribution is -2.36. The average Bonchev–Trinajstić information content (AvgIpc) is 2.62. The summed E-state index contributed by atoms with van der Waals surface area (Å²) in [6.45, 7) is 7.79. The van der Waals surface area contributed by atoms with E-state index >= 15 is 0 Å². The first kappa shape index (κ1) is 9.38. The van der Waals surface area contributed by atoms with Crippen LogP contribution < -0.4 is 5.32 Å². The van der Waals surface area contributed by atoms with Gasteiger partial charge < -0.3 is 5.32 Å². The smallest absolute Gasteiger partial charge is 0.157 e. The van der Waals surface area contributed by atoms with Crippen molar-refractivity contribution in [3.63, 3.8) is 0 Å². The van der Waals surface area contributed by atoms with E-state index < -0.39 is 0 Å². The Morgan fingerprint density at radius 3 is 2.77 bits per heavy atom. The van der Waals surface area contributed by atoms with Gasteiger partial charge in [-0.2, -0.15) is 0 Å². The highest BCUT2D eigenvalue weighted by Crippen LogP contribution is 2.38. The van der Waals surface area contributed by atoms with Crippen LogP contribution in [0.25, 0.3) is 0 Å². The summed E-state index contributed by atoms with van der Waals surface area (Å²) >= 11 is 1.86. The van der Waals surface area contributed by atoms with Gasteiger partial charge in [0.25, 0.3) is 0 Å². The van der Waals surface area contributed by atoms with Crippen molar-refractivity contribution in [2.75, 3.05) is 12.3 Å². The Kier molecular flexibility index (Phi) is 2.30. The van der Waals surface area contributed by atoms with Crippen LogP contribution in [0, 0.1) is 11.8 Å². The van der Waals surface area contributed by atoms with Crippen molar-refractivity contribution >= 4 is 16.9 Å². The molecule has 0 aromatic heterocycles. The van der Waals surface area contributed by atoms with Gasteiger partial charge in [-0.1, -0.05) is 18.7 Å². The molecule has 74 valence electrons. The summed E-state index contributed by atoms with van der Waals surface area (Å²) in [7, 11) is 0. The number of thioether (sulfide) groups is 1. The third-order valence-corrected chi connectivity index (χ3v) is 4.13. The molecule has 0 amide bonds. The predicted molar refractivity (Wildman–Crippen MR) is 59.2 cm³/mol. The molecule has 0 spiro atoms. The van der Waals surface area contributed by atoms with Crippen molar-refractivity contribution in [1.82, 2.24) is 5.32 Å². The summed E-state index contributed by atoms with van der Waals surface area (Å²) in [6.07, 6.45) is 1.38. The molecule has 0 aromatic rings. The van der Waals surface area contributed by atoms with Gasteiger partial charge in [0.15, 0.2) is 5.17 Å². The van der Waals surface area contributed by atoms with Gasteiger partial charge in [0.2, 0.25) is 0 Å². The van der Waals surface area contributed by atoms with E-state index in [-0.39, 0.29) is 5.54 Å². The van der Waals surface area contributed by atoms with Crippen molar-refractivity contribution < 1.29 is 0 Å². The lowest BCUT2D eigenvalue weighted by molar-refractivity contribution is 0.536. The SMILES string of the molecule is CC1CC1CN=C1NC(C)(C)CS1. The molecule has 0 aromatic carbocycles. The number of hydrogen-bond donors (Lipinski definition) is 1. The number of rotatable bonds is 2. The van der Waals surface area contributed by atoms with Crippen LogP contribution in [0.5, 0.6) is 0 Å². The van der Waals surface area contributed by atoms with Crippen LogP contribution in [0.15, 0.2) is 4.99 Å². The second-order valence-corrected chi connectivity index (χ2v) is 5.88. The predicted octanol–water partition coefficient (Wildman–Crippen LogP) is 2.11. The van der Waals surface area contributed by atoms with Crippen molar-refractivity contribution in [3.05, 3.63) is 0 Å². The van der Waals surface area contributed by atoms with Crippen LogP contribution >= 0.6 is 11.8 Å². The molecule has 2 aliphatic rings. The highest BCUT2D eigenvalue weighted by Gasteiger charge is 2.33. The Hall–Kier alpha value is -0.180. The van der Waals surface area contributed by atoms with E-state index in [0.29, 0.717) is 0 Å². The zero-order valence-corrected chi connectivity index (χ0v) is 9.45. The first-order valence-electron chi connectivity index (χ1n) is 5.02. The molecule has 1 saturated carbocycles. The van der Waals surface area contributed by atoms with Crippen molar-refractivity contribution in [3.8, 4) is 0 Å². The van der Waals surface area contributed by atoms with E-state index in [2.05, 4.69) is 31.1 Å². The minimum absolute atomic E-state index is 0.249. The molecule has 2 fully saturated rings. The van der Waals surface area contributed by atoms with Gasteiger partial charge in [-0.15, -0.1) is 0 Å². The molecular weight excluding hydrogens is 180 g/mol. The minimum atomic E-state index is 0.249. The monoisotopic (exact) mass is 198 g/mol. The fourth-order valence-electron chi connectivity index (χ4n) is 1.55. The Bertz CT molecular complexity index is 235. The van der Waals surface area contributed by atoms with Crippen LogP contribution in [0.1, 0.15) is 27.2 Å². The Balaban J connectivity index is 1.81. The first-order valence-corrected chi connectivity index (χ1v) is 6.01. The van der Waals surface area contributed by atoms with Crippen molar-refractivity contribution in [1.29, 1.82) is 0 Å². The molecule has 2 unspecified atom stereocenters. The molecule has 1 N–H and O–H groups in total. The summed E-state index contributed by atoms with van der Waals surface area (Å²) in [6, 6.07) is 0. The van der Waals surface area contributed by atoms with Gasteiger partial charge in [0.1, 0.15) is 0 Å². The first-order chi connectivity index (χ1) is 6.07. The van der Waals surface area contributed by atoms with Crippen molar-refractivity contribution in [2.45, 2.75) is 32.7 Å². The van der Waals surface area contributed by atoms with Gasteiger partial charge >= 0.3 is 0 Å². The molecule has 3 heteroatoms. The maximum absolute atomic E-state index is 4.60. The number of hydrogen-bond acceptors (Lipinski definition) is 2. The summed E-state index contributed by atoms with van der Waals surface area (Å²) in [5.41, 5.74) is 0.249. The van der Waals surface area contributed by atoms with E-state index in [1.165, 1.54) is 6.42 Å². The zero-order chi connectivity index (χ0) is 9.47. The molecule has 1 saturated heterocycles. The van der Waals surface area contributed by atoms with E-state index in [4.69, 9.17) is 0 Å². The summed E-state index contributed by atoms with van der Waals surface area (Å²) in [5, 5.41) is 4.60. The van der Waals surface area contributed by atoms with Gasteiger partial charge in [-0.05, 0) is 32.1 Å². The van der Waals surface area contributed by atoms with E-state index in [9.17, 15) is 0 Å². The molecule has 2 nitrogen and oxygen atoms in total. The number of nitrogens with one attached hydrogen (secondary N) is 1. The van der Waals surface area contributed by atoms with Crippen molar-refractivity contribution in [2.24, 2.45) is 16.8 Å². The summed E-state index contributed by atoms with van der Waals surface area (Å²) in [5.74, 6) is 2.94. The average molecular weight is 198 g/mol. The molecular formula is C10H18N2S. The van der Waals surface area contributed by atoms with Crippen LogP contribution in [-0.2, 0) is 0 Å². The second kappa shape index (κ2) is 3.19. The summed E-state index contributed by atoms with van der Waals surface area (Å²) in [4.78, 5) is 4.60. The topological polar surface area (TPSA) is 24.4 Å². The normalized spacial score (nSPS) is 39.2. The van der Waals surface area contributed by atoms with E-state index in [1.54, 1.807) is 0 Å². The minimum Gasteiger partial charge on any atom is -0.359 e. The standard InChI is InChI=1S/C10H18N2S/c1-7-4-8(7)5-11-9-12-10(2,3)6-13-9/h7-8H,4-6H2,1-3H3,(H,11,12). The number of nitrogens with zero attached hydrogens (tertiary/aromatic N) is 1. The van der Waals surface area contributed by atoms with E-state index in [1.807, 2.05) is 11.8 Å². The molecule has 1 aliphatic carbocycles. The zero-order valence-electron chi connectivity index (χ0n) is 8.63. The number of amidine groups is 1. The van der Waals surface area contributed by atoms with Gasteiger partial charge in [0, 0.05) is 17.8 Å². The molecule has 13 heavy (non-hydrogen) atoms. The summed E-state index contributed by atoms with van der Waals surface area (Å²) < 4.78 is 0. The maximum atomic E-state index is 4.60. The Labute approximate surface area is 84.6 Å². The fourth-order valence-corrected chi connectivity index (χ4v) is 2.63. The largest absolute Gasteiger partial charge is 0.359 e. The molecule has 1 heterocycles. The third-order valence-electron chi connectivity index (χ3n) is 2.76. The molecule has 2 atom stereocenters. The quantitative estimate of drug-likeness (QED) is 0.735. The number of aliphatic imine (C=N–C) groups is 1. The lowest BCUT2D eigenvalue weighted by atomic mass is 10.1. The molecule has 2 rings (SSSR count). The molecule has 1 aliphatic heterocycles. The third kappa shape index (κ3) is 2.39. The van der Waals surface area contributed by atoms with Crippen LogP contribution in [-0.4, -0.2) is 23.0 Å². The molecule has 0 radical (unpaired) electrons.